The first-order chi connectivity index (χ1) is 39.4. The van der Waals surface area contributed by atoms with Gasteiger partial charge in [-0.2, -0.15) is 0 Å². The summed E-state index contributed by atoms with van der Waals surface area (Å²) in [6, 6.07) is 81.5. The maximum atomic E-state index is 7.39. The molecule has 0 radical (unpaired) electrons. The predicted octanol–water partition coefficient (Wildman–Crippen LogP) is 14.7. The van der Waals surface area contributed by atoms with E-state index in [0.29, 0.717) is 23.0 Å². The van der Waals surface area contributed by atoms with Crippen molar-refractivity contribution in [1.29, 1.82) is 0 Å². The topological polar surface area (TPSA) is 106 Å². The molecule has 4 aliphatic rings. The highest BCUT2D eigenvalue weighted by atomic mass is 35.5. The Hall–Kier alpha value is -6.69. The minimum atomic E-state index is -1.28. The lowest BCUT2D eigenvalue weighted by molar-refractivity contribution is -0.00353. The molecule has 9 aromatic carbocycles. The first kappa shape index (κ1) is 53.6. The third kappa shape index (κ3) is 9.58. The minimum absolute atomic E-state index is 0.133. The predicted molar refractivity (Wildman–Crippen MR) is 325 cm³/mol. The Balaban J connectivity index is 0.825. The fourth-order valence-electron chi connectivity index (χ4n) is 11.7. The maximum absolute atomic E-state index is 7.39. The lowest BCUT2D eigenvalue weighted by atomic mass is 9.90. The number of hydrogen-bond donors (Lipinski definition) is 3. The van der Waals surface area contributed by atoms with Gasteiger partial charge in [-0.3, -0.25) is 16.0 Å². The van der Waals surface area contributed by atoms with Crippen LogP contribution < -0.4 is 39.8 Å². The zero-order valence-corrected chi connectivity index (χ0v) is 47.9. The number of nitrogens with one attached hydrogen (secondary N) is 3. The van der Waals surface area contributed by atoms with Crippen LogP contribution in [-0.4, -0.2) is 47.4 Å². The van der Waals surface area contributed by atoms with E-state index in [-0.39, 0.29) is 42.9 Å². The zero-order valence-electron chi connectivity index (χ0n) is 44.1. The second-order valence-electron chi connectivity index (χ2n) is 21.6. The molecule has 0 amide bonds. The SMILES string of the molecule is Cc1ccc(N2C(Cl)(Cl)C2(c2ccccc2)c2ccc(OCC(COc3ccc(C4(c5ccccc5)NC4Cl)cc3)(COc3ccc(C4(c5ccccc5)NC4Cl)cc3)COc3ccc(C4(c5ccccc5)NC4Cl)cc3)cc2)cc1. The van der Waals surface area contributed by atoms with E-state index in [9.17, 15) is 0 Å². The molecular weight excluding hydrogens is 1110 g/mol. The molecule has 0 spiro atoms. The number of halogens is 5. The molecule has 0 aromatic heterocycles. The molecule has 0 saturated carbocycles. The number of ether oxygens (including phenoxy) is 4. The standard InChI is InChI=1S/C68H57Cl5N4O4/c1-46-22-32-55(33-23-46)77-67(68(77,72)73,53-20-12-5-13-21-53)54-30-40-59(41-31-54)81-45-63(42-78-56-34-24-50(25-35-56)64(60(69)74-64)47-14-6-2-7-15-47,43-79-57-36-26-51(27-37-57)65(61(70)75-65)48-16-8-3-9-17-48)44-80-58-38-28-52(29-39-58)66(62(71)76-66)49-18-10-4-11-19-49/h2-41,60-62,74-76H,42-45H2,1H3. The fourth-order valence-corrected chi connectivity index (χ4v) is 13.9. The molecule has 7 atom stereocenters. The van der Waals surface area contributed by atoms with Crippen LogP contribution in [0, 0.1) is 12.3 Å². The molecule has 0 aliphatic carbocycles. The summed E-state index contributed by atoms with van der Waals surface area (Å²) in [6.45, 7) is 2.64. The van der Waals surface area contributed by atoms with Crippen molar-refractivity contribution in [2.24, 2.45) is 5.41 Å². The molecule has 4 heterocycles. The fraction of sp³-hybridized carbons (Fsp3) is 0.206. The van der Waals surface area contributed by atoms with Gasteiger partial charge in [0, 0.05) is 5.69 Å². The largest absolute Gasteiger partial charge is 0.493 e. The van der Waals surface area contributed by atoms with Gasteiger partial charge in [0.05, 0.1) is 0 Å². The van der Waals surface area contributed by atoms with Crippen LogP contribution in [0.3, 0.4) is 0 Å². The van der Waals surface area contributed by atoms with E-state index in [0.717, 1.165) is 55.8 Å². The summed E-state index contributed by atoms with van der Waals surface area (Å²) in [7, 11) is 0. The highest BCUT2D eigenvalue weighted by Gasteiger charge is 2.76. The van der Waals surface area contributed by atoms with Crippen molar-refractivity contribution in [3.63, 3.8) is 0 Å². The van der Waals surface area contributed by atoms with Crippen molar-refractivity contribution in [2.75, 3.05) is 31.3 Å². The van der Waals surface area contributed by atoms with Crippen LogP contribution in [0.15, 0.2) is 243 Å². The zero-order chi connectivity index (χ0) is 55.5. The molecule has 0 bridgehead atoms. The Morgan fingerprint density at radius 1 is 0.358 bits per heavy atom. The van der Waals surface area contributed by atoms with Gasteiger partial charge in [0.25, 0.3) is 0 Å². The Morgan fingerprint density at radius 3 is 0.889 bits per heavy atom. The molecule has 7 unspecified atom stereocenters. The van der Waals surface area contributed by atoms with Crippen LogP contribution in [0.25, 0.3) is 0 Å². The van der Waals surface area contributed by atoms with E-state index < -0.39 is 32.0 Å². The summed E-state index contributed by atoms with van der Waals surface area (Å²) < 4.78 is 26.2. The Kier molecular flexibility index (Phi) is 14.1. The van der Waals surface area contributed by atoms with Crippen molar-refractivity contribution in [1.82, 2.24) is 16.0 Å². The van der Waals surface area contributed by atoms with Gasteiger partial charge in [-0.05, 0) is 112 Å². The molecule has 9 aromatic rings. The number of nitrogens with zero attached hydrogens (tertiary/aromatic N) is 1. The maximum Gasteiger partial charge on any atom is 0.223 e. The third-order valence-electron chi connectivity index (χ3n) is 16.5. The van der Waals surface area contributed by atoms with Crippen LogP contribution in [-0.2, 0) is 22.2 Å². The molecule has 13 rings (SSSR count). The Bertz CT molecular complexity index is 3370. The number of anilines is 1. The summed E-state index contributed by atoms with van der Waals surface area (Å²) in [6.07, 6.45) is 0. The summed E-state index contributed by atoms with van der Waals surface area (Å²) in [5.74, 6) is 2.60. The van der Waals surface area contributed by atoms with Crippen LogP contribution in [0.5, 0.6) is 23.0 Å². The summed E-state index contributed by atoms with van der Waals surface area (Å²) >= 11 is 35.3. The molecule has 81 heavy (non-hydrogen) atoms. The molecule has 3 N–H and O–H groups in total. The minimum Gasteiger partial charge on any atom is -0.493 e. The normalized spacial score (nSPS) is 25.5. The van der Waals surface area contributed by atoms with Gasteiger partial charge in [-0.25, -0.2) is 0 Å². The van der Waals surface area contributed by atoms with Crippen molar-refractivity contribution in [2.45, 2.75) is 50.0 Å². The monoisotopic (exact) mass is 1170 g/mol. The molecule has 8 nitrogen and oxygen atoms in total. The van der Waals surface area contributed by atoms with E-state index in [2.05, 4.69) is 137 Å². The Labute approximate surface area is 497 Å². The van der Waals surface area contributed by atoms with Gasteiger partial charge in [-0.15, -0.1) is 34.8 Å². The molecule has 408 valence electrons. The van der Waals surface area contributed by atoms with Gasteiger partial charge < -0.3 is 23.8 Å². The number of benzene rings is 9. The van der Waals surface area contributed by atoms with E-state index in [1.165, 1.54) is 0 Å². The van der Waals surface area contributed by atoms with Gasteiger partial charge in [0.1, 0.15) is 93.5 Å². The molecule has 13 heteroatoms. The second kappa shape index (κ2) is 21.2. The molecular formula is C68H57Cl5N4O4. The summed E-state index contributed by atoms with van der Waals surface area (Å²) in [4.78, 5) is 2.06. The van der Waals surface area contributed by atoms with E-state index in [4.69, 9.17) is 77.0 Å². The van der Waals surface area contributed by atoms with Gasteiger partial charge >= 0.3 is 0 Å². The van der Waals surface area contributed by atoms with E-state index in [1.807, 2.05) is 133 Å². The lowest BCUT2D eigenvalue weighted by Gasteiger charge is -2.33. The molecule has 4 saturated heterocycles. The van der Waals surface area contributed by atoms with Crippen LogP contribution in [0.2, 0.25) is 0 Å². The smallest absolute Gasteiger partial charge is 0.223 e. The average molecular weight is 1170 g/mol. The van der Waals surface area contributed by atoms with Crippen LogP contribution in [0.1, 0.15) is 50.1 Å². The average Bonchev–Trinajstić information content (AvgIpc) is 4.58. The quantitative estimate of drug-likeness (QED) is 0.0371. The first-order valence-electron chi connectivity index (χ1n) is 27.1. The van der Waals surface area contributed by atoms with Gasteiger partial charge in [0.2, 0.25) is 4.46 Å². The number of alkyl halides is 5. The molecule has 4 aliphatic heterocycles. The summed E-state index contributed by atoms with van der Waals surface area (Å²) in [5.41, 5.74) is 6.23. The number of hydrogen-bond acceptors (Lipinski definition) is 8. The van der Waals surface area contributed by atoms with Crippen molar-refractivity contribution < 1.29 is 18.9 Å². The highest BCUT2D eigenvalue weighted by Crippen LogP contribution is 2.69. The molecule has 4 fully saturated rings. The van der Waals surface area contributed by atoms with Crippen molar-refractivity contribution in [3.05, 3.63) is 293 Å². The van der Waals surface area contributed by atoms with E-state index >= 15 is 0 Å². The first-order valence-corrected chi connectivity index (χ1v) is 29.1. The number of rotatable bonds is 21. The number of aryl methyl sites for hydroxylation is 1. The van der Waals surface area contributed by atoms with Gasteiger partial charge in [-0.1, -0.05) is 211 Å². The highest BCUT2D eigenvalue weighted by molar-refractivity contribution is 6.55. The lowest BCUT2D eigenvalue weighted by Crippen LogP contribution is -2.45. The summed E-state index contributed by atoms with van der Waals surface area (Å²) in [5, 5.41) is 10.4. The van der Waals surface area contributed by atoms with Gasteiger partial charge in [0.15, 0.2) is 0 Å². The van der Waals surface area contributed by atoms with E-state index in [1.54, 1.807) is 0 Å². The van der Waals surface area contributed by atoms with Crippen molar-refractivity contribution >= 4 is 63.7 Å². The Morgan fingerprint density at radius 2 is 0.605 bits per heavy atom. The van der Waals surface area contributed by atoms with Crippen LogP contribution in [0.4, 0.5) is 5.69 Å². The third-order valence-corrected chi connectivity index (χ3v) is 18.7. The second-order valence-corrected chi connectivity index (χ2v) is 24.2. The van der Waals surface area contributed by atoms with Crippen LogP contribution >= 0.6 is 58.0 Å². The van der Waals surface area contributed by atoms with Crippen molar-refractivity contribution in [3.8, 4) is 23.0 Å².